The second-order valence-corrected chi connectivity index (χ2v) is 5.54. The van der Waals surface area contributed by atoms with Crippen molar-refractivity contribution in [3.63, 3.8) is 0 Å². The van der Waals surface area contributed by atoms with Gasteiger partial charge in [-0.1, -0.05) is 0 Å². The van der Waals surface area contributed by atoms with Crippen LogP contribution in [0.3, 0.4) is 0 Å². The van der Waals surface area contributed by atoms with E-state index in [1.54, 1.807) is 6.07 Å². The Morgan fingerprint density at radius 3 is 2.71 bits per heavy atom. The molecule has 0 saturated heterocycles. The maximum Gasteiger partial charge on any atom is 0.340 e. The summed E-state index contributed by atoms with van der Waals surface area (Å²) >= 11 is 1.34. The molecule has 0 radical (unpaired) electrons. The molecule has 0 aliphatic rings. The van der Waals surface area contributed by atoms with E-state index in [0.717, 1.165) is 4.88 Å². The van der Waals surface area contributed by atoms with Gasteiger partial charge in [0.25, 0.3) is 0 Å². The molecule has 0 amide bonds. The predicted molar refractivity (Wildman–Crippen MR) is 72.8 cm³/mol. The van der Waals surface area contributed by atoms with E-state index in [-0.39, 0.29) is 11.8 Å². The largest absolute Gasteiger partial charge is 0.470 e. The lowest BCUT2D eigenvalue weighted by atomic mass is 10.3. The second kappa shape index (κ2) is 6.00. The number of thiophene rings is 1. The monoisotopic (exact) mass is 323 g/mol. The first-order chi connectivity index (χ1) is 9.83. The molecule has 0 aliphatic heterocycles. The quantitative estimate of drug-likeness (QED) is 0.823. The fraction of sp³-hybridized carbons (Fsp3) is 0.500. The number of anilines is 1. The van der Waals surface area contributed by atoms with Crippen LogP contribution in [-0.2, 0) is 0 Å². The van der Waals surface area contributed by atoms with Crippen molar-refractivity contribution in [1.82, 2.24) is 9.97 Å². The zero-order valence-electron chi connectivity index (χ0n) is 11.3. The number of alkyl halides is 4. The fourth-order valence-corrected chi connectivity index (χ4v) is 2.46. The van der Waals surface area contributed by atoms with E-state index in [2.05, 4.69) is 15.3 Å². The van der Waals surface area contributed by atoms with Crippen LogP contribution in [0.25, 0.3) is 10.2 Å². The Morgan fingerprint density at radius 2 is 2.10 bits per heavy atom. The smallest absolute Gasteiger partial charge is 0.340 e. The molecule has 21 heavy (non-hydrogen) atoms. The molecule has 0 atom stereocenters. The van der Waals surface area contributed by atoms with Crippen molar-refractivity contribution in [2.45, 2.75) is 26.2 Å². The minimum Gasteiger partial charge on any atom is -0.470 e. The summed E-state index contributed by atoms with van der Waals surface area (Å²) in [5.41, 5.74) is 0. The summed E-state index contributed by atoms with van der Waals surface area (Å²) in [4.78, 5) is 9.59. The van der Waals surface area contributed by atoms with Gasteiger partial charge in [0.05, 0.1) is 5.39 Å². The number of aryl methyl sites for hydroxylation is 1. The van der Waals surface area contributed by atoms with Gasteiger partial charge in [0.1, 0.15) is 4.83 Å². The average Bonchev–Trinajstić information content (AvgIpc) is 2.76. The van der Waals surface area contributed by atoms with E-state index in [4.69, 9.17) is 4.74 Å². The summed E-state index contributed by atoms with van der Waals surface area (Å²) < 4.78 is 55.1. The Kier molecular flexibility index (Phi) is 4.50. The van der Waals surface area contributed by atoms with Crippen molar-refractivity contribution >= 4 is 27.5 Å². The van der Waals surface area contributed by atoms with Crippen LogP contribution in [0.15, 0.2) is 6.07 Å². The van der Waals surface area contributed by atoms with Crippen LogP contribution in [0.4, 0.5) is 23.5 Å². The highest BCUT2D eigenvalue weighted by Gasteiger charge is 2.42. The summed E-state index contributed by atoms with van der Waals surface area (Å²) in [6.07, 6.45) is -3.78. The van der Waals surface area contributed by atoms with Crippen LogP contribution >= 0.6 is 11.3 Å². The fourth-order valence-electron chi connectivity index (χ4n) is 1.59. The van der Waals surface area contributed by atoms with Crippen LogP contribution in [0, 0.1) is 6.92 Å². The molecule has 2 heterocycles. The number of rotatable bonds is 6. The van der Waals surface area contributed by atoms with Crippen LogP contribution < -0.4 is 10.1 Å². The Labute approximate surface area is 122 Å². The van der Waals surface area contributed by atoms with Crippen molar-refractivity contribution in [2.75, 3.05) is 18.5 Å². The van der Waals surface area contributed by atoms with Gasteiger partial charge < -0.3 is 10.1 Å². The van der Waals surface area contributed by atoms with Crippen LogP contribution in [0.1, 0.15) is 11.8 Å². The first kappa shape index (κ1) is 15.7. The molecule has 0 aliphatic carbocycles. The molecule has 116 valence electrons. The molecule has 2 aromatic rings. The highest BCUT2D eigenvalue weighted by molar-refractivity contribution is 7.18. The van der Waals surface area contributed by atoms with Gasteiger partial charge in [0.15, 0.2) is 6.61 Å². The van der Waals surface area contributed by atoms with E-state index in [1.807, 2.05) is 13.8 Å². The standard InChI is InChI=1S/C12H13F4N3OS/c1-3-17-11-18-8(20-5-12(15,16)10(13)14)7-4-6(2)21-9(7)19-11/h4,10H,3,5H2,1-2H3,(H,17,18,19). The van der Waals surface area contributed by atoms with Gasteiger partial charge >= 0.3 is 12.3 Å². The molecule has 0 saturated carbocycles. The molecule has 0 fully saturated rings. The number of hydrogen-bond donors (Lipinski definition) is 1. The first-order valence-electron chi connectivity index (χ1n) is 6.14. The second-order valence-electron chi connectivity index (χ2n) is 4.31. The zero-order chi connectivity index (χ0) is 15.6. The molecule has 0 aromatic carbocycles. The molecule has 4 nitrogen and oxygen atoms in total. The normalized spacial score (nSPS) is 12.1. The average molecular weight is 323 g/mol. The molecule has 0 spiro atoms. The van der Waals surface area contributed by atoms with Gasteiger partial charge in [-0.2, -0.15) is 13.8 Å². The van der Waals surface area contributed by atoms with E-state index in [0.29, 0.717) is 16.8 Å². The number of fused-ring (bicyclic) bond motifs is 1. The van der Waals surface area contributed by atoms with Gasteiger partial charge in [-0.3, -0.25) is 0 Å². The Morgan fingerprint density at radius 1 is 1.38 bits per heavy atom. The Balaban J connectivity index is 2.32. The molecule has 9 heteroatoms. The van der Waals surface area contributed by atoms with E-state index < -0.39 is 19.0 Å². The van der Waals surface area contributed by atoms with Gasteiger partial charge in [-0.15, -0.1) is 11.3 Å². The molecular formula is C12H13F4N3OS. The number of halogens is 4. The summed E-state index contributed by atoms with van der Waals surface area (Å²) in [7, 11) is 0. The minimum absolute atomic E-state index is 0.124. The van der Waals surface area contributed by atoms with E-state index in [1.165, 1.54) is 11.3 Å². The molecule has 2 aromatic heterocycles. The minimum atomic E-state index is -4.22. The lowest BCUT2D eigenvalue weighted by Gasteiger charge is -2.16. The molecule has 0 bridgehead atoms. The molecule has 2 rings (SSSR count). The maximum atomic E-state index is 13.0. The summed E-state index contributed by atoms with van der Waals surface area (Å²) in [5, 5.41) is 3.27. The third kappa shape index (κ3) is 3.52. The van der Waals surface area contributed by atoms with Gasteiger partial charge in [0, 0.05) is 11.4 Å². The third-order valence-electron chi connectivity index (χ3n) is 2.54. The van der Waals surface area contributed by atoms with Gasteiger partial charge in [-0.25, -0.2) is 13.8 Å². The van der Waals surface area contributed by atoms with Crippen LogP contribution in [0.5, 0.6) is 5.88 Å². The van der Waals surface area contributed by atoms with Gasteiger partial charge in [0.2, 0.25) is 11.8 Å². The molecular weight excluding hydrogens is 310 g/mol. The third-order valence-corrected chi connectivity index (χ3v) is 3.48. The summed E-state index contributed by atoms with van der Waals surface area (Å²) in [5.74, 6) is -4.14. The van der Waals surface area contributed by atoms with Crippen molar-refractivity contribution < 1.29 is 22.3 Å². The number of nitrogens with zero attached hydrogens (tertiary/aromatic N) is 2. The van der Waals surface area contributed by atoms with Crippen molar-refractivity contribution in [3.8, 4) is 5.88 Å². The maximum absolute atomic E-state index is 13.0. The summed E-state index contributed by atoms with van der Waals surface area (Å²) in [6, 6.07) is 1.67. The SMILES string of the molecule is CCNc1nc(OCC(F)(F)C(F)F)c2cc(C)sc2n1. The number of ether oxygens (including phenoxy) is 1. The molecule has 0 unspecified atom stereocenters. The highest BCUT2D eigenvalue weighted by atomic mass is 32.1. The lowest BCUT2D eigenvalue weighted by molar-refractivity contribution is -0.148. The highest BCUT2D eigenvalue weighted by Crippen LogP contribution is 2.32. The predicted octanol–water partition coefficient (Wildman–Crippen LogP) is 3.71. The first-order valence-corrected chi connectivity index (χ1v) is 6.96. The number of nitrogens with one attached hydrogen (secondary N) is 1. The molecule has 1 N–H and O–H groups in total. The summed E-state index contributed by atoms with van der Waals surface area (Å²) in [6.45, 7) is 2.73. The van der Waals surface area contributed by atoms with Crippen molar-refractivity contribution in [3.05, 3.63) is 10.9 Å². The van der Waals surface area contributed by atoms with Crippen molar-refractivity contribution in [2.24, 2.45) is 0 Å². The van der Waals surface area contributed by atoms with Crippen molar-refractivity contribution in [1.29, 1.82) is 0 Å². The van der Waals surface area contributed by atoms with E-state index >= 15 is 0 Å². The number of hydrogen-bond acceptors (Lipinski definition) is 5. The zero-order valence-corrected chi connectivity index (χ0v) is 12.1. The van der Waals surface area contributed by atoms with Crippen LogP contribution in [-0.4, -0.2) is 35.5 Å². The lowest BCUT2D eigenvalue weighted by Crippen LogP contribution is -2.34. The number of aromatic nitrogens is 2. The topological polar surface area (TPSA) is 47.0 Å². The van der Waals surface area contributed by atoms with Crippen LogP contribution in [0.2, 0.25) is 0 Å². The van der Waals surface area contributed by atoms with E-state index in [9.17, 15) is 17.6 Å². The van der Waals surface area contributed by atoms with Gasteiger partial charge in [-0.05, 0) is 19.9 Å². The Hall–Kier alpha value is -1.64. The Bertz CT molecular complexity index is 632.